The molecule has 2 nitrogen and oxygen atoms in total. The molecule has 0 atom stereocenters. The number of anilines is 2. The van der Waals surface area contributed by atoms with Crippen molar-refractivity contribution in [3.63, 3.8) is 0 Å². The first-order valence-electron chi connectivity index (χ1n) is 10.4. The molecule has 0 amide bonds. The lowest BCUT2D eigenvalue weighted by molar-refractivity contribution is 0.811. The molecule has 1 heterocycles. The van der Waals surface area contributed by atoms with Crippen molar-refractivity contribution in [1.82, 2.24) is 0 Å². The number of benzene rings is 2. The third-order valence-electron chi connectivity index (χ3n) is 6.12. The van der Waals surface area contributed by atoms with Crippen molar-refractivity contribution in [2.45, 2.75) is 66.2 Å². The van der Waals surface area contributed by atoms with Crippen molar-refractivity contribution in [2.75, 3.05) is 23.7 Å². The number of hydrogen-bond acceptors (Lipinski definition) is 2. The lowest BCUT2D eigenvalue weighted by Gasteiger charge is -2.31. The Labute approximate surface area is 166 Å². The maximum absolute atomic E-state index is 2.48. The molecule has 0 unspecified atom stereocenters. The van der Waals surface area contributed by atoms with Crippen LogP contribution in [0.2, 0.25) is 0 Å². The molecule has 144 valence electrons. The Bertz CT molecular complexity index is 809. The van der Waals surface area contributed by atoms with Crippen molar-refractivity contribution in [3.05, 3.63) is 52.6 Å². The van der Waals surface area contributed by atoms with Crippen LogP contribution in [0.15, 0.2) is 30.3 Å². The Morgan fingerprint density at radius 1 is 0.778 bits per heavy atom. The molecule has 0 radical (unpaired) electrons. The Morgan fingerprint density at radius 2 is 1.33 bits per heavy atom. The predicted molar refractivity (Wildman–Crippen MR) is 122 cm³/mol. The van der Waals surface area contributed by atoms with Crippen molar-refractivity contribution in [3.8, 4) is 0 Å². The van der Waals surface area contributed by atoms with Crippen LogP contribution < -0.4 is 15.1 Å². The van der Waals surface area contributed by atoms with Gasteiger partial charge in [-0.25, -0.2) is 0 Å². The SMILES string of the molecule is Cc1cccc2c1N(C)B(c1c(C(C)C)cc(C(C)C)cc1C(C)C)N2C. The van der Waals surface area contributed by atoms with Gasteiger partial charge in [0.05, 0.1) is 5.69 Å². The zero-order valence-corrected chi connectivity index (χ0v) is 18.6. The summed E-state index contributed by atoms with van der Waals surface area (Å²) in [4.78, 5) is 4.94. The quantitative estimate of drug-likeness (QED) is 0.649. The molecular weight excluding hydrogens is 327 g/mol. The van der Waals surface area contributed by atoms with Crippen LogP contribution >= 0.6 is 0 Å². The monoisotopic (exact) mass is 362 g/mol. The summed E-state index contributed by atoms with van der Waals surface area (Å²) in [6, 6.07) is 11.6. The van der Waals surface area contributed by atoms with Gasteiger partial charge in [-0.15, -0.1) is 0 Å². The highest BCUT2D eigenvalue weighted by molar-refractivity contribution is 6.82. The van der Waals surface area contributed by atoms with E-state index in [9.17, 15) is 0 Å². The summed E-state index contributed by atoms with van der Waals surface area (Å²) in [5.41, 5.74) is 10.0. The highest BCUT2D eigenvalue weighted by Crippen LogP contribution is 2.40. The lowest BCUT2D eigenvalue weighted by Crippen LogP contribution is -2.56. The van der Waals surface area contributed by atoms with Crippen LogP contribution in [0, 0.1) is 6.92 Å². The van der Waals surface area contributed by atoms with Crippen LogP contribution in [-0.4, -0.2) is 21.1 Å². The molecule has 1 aliphatic rings. The molecule has 0 bridgehead atoms. The van der Waals surface area contributed by atoms with Crippen LogP contribution in [0.4, 0.5) is 11.4 Å². The second-order valence-electron chi connectivity index (χ2n) is 9.12. The zero-order valence-electron chi connectivity index (χ0n) is 18.6. The van der Waals surface area contributed by atoms with Gasteiger partial charge in [0.1, 0.15) is 0 Å². The summed E-state index contributed by atoms with van der Waals surface area (Å²) in [6.45, 7) is 16.4. The second-order valence-corrected chi connectivity index (χ2v) is 9.12. The standard InChI is InChI=1S/C24H35BN2/c1-15(2)19-13-20(16(3)4)23(21(14-19)17(5)6)25-26(8)22-12-10-11-18(7)24(22)27(25)9/h10-17H,1-9H3. The van der Waals surface area contributed by atoms with E-state index in [0.717, 1.165) is 0 Å². The molecule has 3 heteroatoms. The number of rotatable bonds is 4. The van der Waals surface area contributed by atoms with E-state index in [1.165, 1.54) is 39.1 Å². The third-order valence-corrected chi connectivity index (χ3v) is 6.12. The van der Waals surface area contributed by atoms with Gasteiger partial charge in [0, 0.05) is 5.69 Å². The smallest absolute Gasteiger partial charge is 0.393 e. The first-order valence-corrected chi connectivity index (χ1v) is 10.4. The lowest BCUT2D eigenvalue weighted by atomic mass is 9.59. The minimum atomic E-state index is 0.247. The van der Waals surface area contributed by atoms with E-state index in [1.807, 2.05) is 0 Å². The minimum absolute atomic E-state index is 0.247. The van der Waals surface area contributed by atoms with E-state index < -0.39 is 0 Å². The van der Waals surface area contributed by atoms with E-state index in [1.54, 1.807) is 0 Å². The average molecular weight is 362 g/mol. The van der Waals surface area contributed by atoms with Gasteiger partial charge in [-0.1, -0.05) is 65.8 Å². The van der Waals surface area contributed by atoms with Gasteiger partial charge >= 0.3 is 6.98 Å². The average Bonchev–Trinajstić information content (AvgIpc) is 2.85. The summed E-state index contributed by atoms with van der Waals surface area (Å²) in [5.74, 6) is 1.55. The van der Waals surface area contributed by atoms with Crippen LogP contribution in [-0.2, 0) is 0 Å². The van der Waals surface area contributed by atoms with Crippen molar-refractivity contribution in [1.29, 1.82) is 0 Å². The van der Waals surface area contributed by atoms with E-state index in [0.29, 0.717) is 17.8 Å². The van der Waals surface area contributed by atoms with Gasteiger partial charge in [0.15, 0.2) is 0 Å². The zero-order chi connectivity index (χ0) is 20.0. The molecule has 0 saturated carbocycles. The number of aryl methyl sites for hydroxylation is 1. The molecular formula is C24H35BN2. The first-order chi connectivity index (χ1) is 12.6. The highest BCUT2D eigenvalue weighted by atomic mass is 15.3. The fraction of sp³-hybridized carbons (Fsp3) is 0.500. The van der Waals surface area contributed by atoms with Crippen LogP contribution in [0.25, 0.3) is 0 Å². The Balaban J connectivity index is 2.26. The van der Waals surface area contributed by atoms with Gasteiger partial charge in [0.25, 0.3) is 0 Å². The summed E-state index contributed by atoms with van der Waals surface area (Å²) >= 11 is 0. The molecule has 0 N–H and O–H groups in total. The summed E-state index contributed by atoms with van der Waals surface area (Å²) in [5, 5.41) is 0. The van der Waals surface area contributed by atoms with E-state index in [4.69, 9.17) is 0 Å². The van der Waals surface area contributed by atoms with Gasteiger partial charge in [0.2, 0.25) is 0 Å². The molecule has 0 aromatic heterocycles. The molecule has 0 fully saturated rings. The molecule has 3 rings (SSSR count). The van der Waals surface area contributed by atoms with Crippen LogP contribution in [0.5, 0.6) is 0 Å². The number of nitrogens with zero attached hydrogens (tertiary/aromatic N) is 2. The third kappa shape index (κ3) is 3.26. The second kappa shape index (κ2) is 7.26. The molecule has 27 heavy (non-hydrogen) atoms. The van der Waals surface area contributed by atoms with Gasteiger partial charge in [-0.2, -0.15) is 0 Å². The molecule has 0 spiro atoms. The van der Waals surface area contributed by atoms with Crippen molar-refractivity contribution < 1.29 is 0 Å². The molecule has 0 saturated heterocycles. The summed E-state index contributed by atoms with van der Waals surface area (Å²) in [7, 11) is 4.50. The Morgan fingerprint density at radius 3 is 1.78 bits per heavy atom. The van der Waals surface area contributed by atoms with Gasteiger partial charge in [-0.3, -0.25) is 0 Å². The fourth-order valence-corrected chi connectivity index (χ4v) is 4.60. The van der Waals surface area contributed by atoms with Crippen LogP contribution in [0.1, 0.15) is 81.5 Å². The van der Waals surface area contributed by atoms with E-state index >= 15 is 0 Å². The number of para-hydroxylation sites is 1. The van der Waals surface area contributed by atoms with E-state index in [-0.39, 0.29) is 6.98 Å². The van der Waals surface area contributed by atoms with Gasteiger partial charge in [-0.05, 0) is 72.6 Å². The largest absolute Gasteiger partial charge is 0.411 e. The summed E-state index contributed by atoms with van der Waals surface area (Å²) < 4.78 is 0. The highest BCUT2D eigenvalue weighted by Gasteiger charge is 2.41. The predicted octanol–water partition coefficient (Wildman–Crippen LogP) is 5.65. The molecule has 0 aliphatic carbocycles. The minimum Gasteiger partial charge on any atom is -0.393 e. The molecule has 2 aromatic carbocycles. The first kappa shape index (κ1) is 19.9. The van der Waals surface area contributed by atoms with Crippen molar-refractivity contribution in [2.24, 2.45) is 0 Å². The van der Waals surface area contributed by atoms with E-state index in [2.05, 4.69) is 103 Å². The Kier molecular flexibility index (Phi) is 5.34. The molecule has 2 aromatic rings. The fourth-order valence-electron chi connectivity index (χ4n) is 4.60. The molecule has 1 aliphatic heterocycles. The number of hydrogen-bond donors (Lipinski definition) is 0. The normalized spacial score (nSPS) is 14.1. The Hall–Kier alpha value is -1.90. The maximum Gasteiger partial charge on any atom is 0.411 e. The van der Waals surface area contributed by atoms with Crippen molar-refractivity contribution >= 4 is 23.8 Å². The maximum atomic E-state index is 2.48. The topological polar surface area (TPSA) is 6.48 Å². The number of fused-ring (bicyclic) bond motifs is 1. The summed E-state index contributed by atoms with van der Waals surface area (Å²) in [6.07, 6.45) is 0. The van der Waals surface area contributed by atoms with Crippen LogP contribution in [0.3, 0.4) is 0 Å². The van der Waals surface area contributed by atoms with Gasteiger partial charge < -0.3 is 9.62 Å².